The molecule has 0 amide bonds. The number of fused-ring (bicyclic) bond motifs is 1. The normalized spacial score (nSPS) is 12.2. The first-order valence-electron chi connectivity index (χ1n) is 7.62. The van der Waals surface area contributed by atoms with E-state index in [1.165, 1.54) is 17.6 Å². The summed E-state index contributed by atoms with van der Waals surface area (Å²) in [6.45, 7) is 0.643. The lowest BCUT2D eigenvalue weighted by atomic mass is 10.3. The molecular weight excluding hydrogens is 461 g/mol. The minimum absolute atomic E-state index is 0.0240. The van der Waals surface area contributed by atoms with Gasteiger partial charge in [-0.1, -0.05) is 22.9 Å². The van der Waals surface area contributed by atoms with E-state index < -0.39 is 20.5 Å². The molecule has 0 fully saturated rings. The fourth-order valence-corrected chi connectivity index (χ4v) is 3.99. The highest BCUT2D eigenvalue weighted by atomic mass is 35.7. The summed E-state index contributed by atoms with van der Waals surface area (Å²) in [7, 11) is 2.88. The van der Waals surface area contributed by atoms with Gasteiger partial charge in [-0.15, -0.1) is 10.2 Å². The molecule has 3 aromatic heterocycles. The Bertz CT molecular complexity index is 1100. The van der Waals surface area contributed by atoms with Crippen LogP contribution in [-0.2, 0) is 13.8 Å². The molecule has 0 aromatic carbocycles. The molecule has 3 rings (SSSR count). The summed E-state index contributed by atoms with van der Waals surface area (Å²) < 4.78 is 61.2. The number of alkyl halides is 2. The standard InChI is InChI=1S/C14H12Cl2F2N4O4S2/c1-25-3-2-4-26-8-5-7(28(16,23)24)6-22-9(8)10(15)19-12(22)14-21-20-13(27-14)11(17)18/h5-6,11H,2-4H2,1H3. The number of hydrogen-bond donors (Lipinski definition) is 0. The van der Waals surface area contributed by atoms with Crippen molar-refractivity contribution in [2.45, 2.75) is 17.7 Å². The van der Waals surface area contributed by atoms with Crippen molar-refractivity contribution in [3.8, 4) is 16.6 Å². The lowest BCUT2D eigenvalue weighted by Crippen LogP contribution is -2.04. The van der Waals surface area contributed by atoms with E-state index in [0.717, 1.165) is 6.20 Å². The lowest BCUT2D eigenvalue weighted by Gasteiger charge is -2.10. The molecule has 0 bridgehead atoms. The molecule has 0 N–H and O–H groups in total. The first-order valence-corrected chi connectivity index (χ1v) is 11.1. The summed E-state index contributed by atoms with van der Waals surface area (Å²) in [5.41, 5.74) is 0.243. The zero-order valence-corrected chi connectivity index (χ0v) is 17.2. The number of nitrogens with zero attached hydrogens (tertiary/aromatic N) is 4. The van der Waals surface area contributed by atoms with E-state index in [-0.39, 0.29) is 38.8 Å². The van der Waals surface area contributed by atoms with Gasteiger partial charge in [-0.2, -0.15) is 0 Å². The molecule has 0 unspecified atom stereocenters. The van der Waals surface area contributed by atoms with Crippen LogP contribution in [0.2, 0.25) is 5.15 Å². The average molecular weight is 473 g/mol. The third-order valence-corrected chi connectivity index (χ3v) is 5.99. The summed E-state index contributed by atoms with van der Waals surface area (Å²) in [5.74, 6) is 0.147. The van der Waals surface area contributed by atoms with E-state index >= 15 is 0 Å². The van der Waals surface area contributed by atoms with E-state index in [0.29, 0.717) is 24.4 Å². The predicted molar refractivity (Wildman–Crippen MR) is 99.1 cm³/mol. The van der Waals surface area contributed by atoms with Crippen molar-refractivity contribution in [2.75, 3.05) is 20.3 Å². The number of pyridine rings is 1. The number of hydrogen-bond acceptors (Lipinski definition) is 8. The zero-order chi connectivity index (χ0) is 20.5. The van der Waals surface area contributed by atoms with Crippen molar-refractivity contribution in [3.05, 3.63) is 22.4 Å². The first-order chi connectivity index (χ1) is 13.2. The minimum Gasteiger partial charge on any atom is -0.491 e. The highest BCUT2D eigenvalue weighted by Crippen LogP contribution is 2.36. The number of rotatable bonds is 8. The van der Waals surface area contributed by atoms with Crippen LogP contribution in [-0.4, -0.2) is 48.3 Å². The quantitative estimate of drug-likeness (QED) is 0.363. The third-order valence-electron chi connectivity index (χ3n) is 3.48. The third kappa shape index (κ3) is 4.35. The topological polar surface area (TPSA) is 95.7 Å². The molecule has 14 heteroatoms. The van der Waals surface area contributed by atoms with Crippen molar-refractivity contribution in [1.82, 2.24) is 19.6 Å². The second kappa shape index (κ2) is 8.41. The number of methoxy groups -OCH3 is 1. The second-order valence-corrected chi connectivity index (χ2v) is 9.30. The molecule has 0 aliphatic heterocycles. The summed E-state index contributed by atoms with van der Waals surface area (Å²) in [4.78, 5) is 3.83. The van der Waals surface area contributed by atoms with E-state index in [1.807, 2.05) is 0 Å². The van der Waals surface area contributed by atoms with Crippen LogP contribution in [0.4, 0.5) is 8.78 Å². The van der Waals surface area contributed by atoms with Crippen LogP contribution in [0.1, 0.15) is 17.9 Å². The highest BCUT2D eigenvalue weighted by molar-refractivity contribution is 8.13. The first kappa shape index (κ1) is 21.1. The van der Waals surface area contributed by atoms with E-state index in [2.05, 4.69) is 15.2 Å². The minimum atomic E-state index is -4.13. The summed E-state index contributed by atoms with van der Waals surface area (Å²) in [6, 6.07) is 1.21. The van der Waals surface area contributed by atoms with Crippen molar-refractivity contribution in [1.29, 1.82) is 0 Å². The largest absolute Gasteiger partial charge is 0.491 e. The Balaban J connectivity index is 2.15. The molecule has 0 radical (unpaired) electrons. The fraction of sp³-hybridized carbons (Fsp3) is 0.357. The van der Waals surface area contributed by atoms with Crippen LogP contribution in [0.5, 0.6) is 5.75 Å². The van der Waals surface area contributed by atoms with Crippen LogP contribution >= 0.6 is 33.6 Å². The van der Waals surface area contributed by atoms with E-state index in [4.69, 9.17) is 31.8 Å². The van der Waals surface area contributed by atoms with Crippen LogP contribution < -0.4 is 4.74 Å². The van der Waals surface area contributed by atoms with Gasteiger partial charge in [-0.25, -0.2) is 22.2 Å². The van der Waals surface area contributed by atoms with E-state index in [9.17, 15) is 17.2 Å². The van der Waals surface area contributed by atoms with Crippen LogP contribution in [0.25, 0.3) is 16.3 Å². The number of imidazole rings is 1. The van der Waals surface area contributed by atoms with Gasteiger partial charge in [0.25, 0.3) is 15.5 Å². The van der Waals surface area contributed by atoms with Gasteiger partial charge < -0.3 is 9.47 Å². The van der Waals surface area contributed by atoms with E-state index in [1.54, 1.807) is 0 Å². The molecule has 0 saturated heterocycles. The lowest BCUT2D eigenvalue weighted by molar-refractivity contribution is 0.150. The maximum Gasteiger partial charge on any atom is 0.291 e. The molecule has 0 aliphatic rings. The fourth-order valence-electron chi connectivity index (χ4n) is 2.31. The average Bonchev–Trinajstić information content (AvgIpc) is 3.23. The Morgan fingerprint density at radius 2 is 2.07 bits per heavy atom. The highest BCUT2D eigenvalue weighted by Gasteiger charge is 2.24. The molecule has 8 nitrogen and oxygen atoms in total. The Morgan fingerprint density at radius 1 is 1.32 bits per heavy atom. The second-order valence-electron chi connectivity index (χ2n) is 5.36. The van der Waals surface area contributed by atoms with Gasteiger partial charge in [0.05, 0.1) is 6.61 Å². The SMILES string of the molecule is COCCCOc1cc(S(=O)(=O)Cl)cn2c(-c3nnc(C(F)F)s3)nc(Cl)c12. The molecule has 0 aliphatic carbocycles. The molecule has 28 heavy (non-hydrogen) atoms. The van der Waals surface area contributed by atoms with Gasteiger partial charge in [-0.3, -0.25) is 4.40 Å². The Morgan fingerprint density at radius 3 is 2.68 bits per heavy atom. The van der Waals surface area contributed by atoms with Crippen LogP contribution in [0, 0.1) is 0 Å². The molecule has 3 heterocycles. The van der Waals surface area contributed by atoms with Crippen LogP contribution in [0.15, 0.2) is 17.2 Å². The number of halogens is 4. The molecule has 0 saturated carbocycles. The number of aromatic nitrogens is 4. The van der Waals surface area contributed by atoms with Gasteiger partial charge in [0.1, 0.15) is 16.2 Å². The summed E-state index contributed by atoms with van der Waals surface area (Å²) in [6.07, 6.45) is -1.10. The monoisotopic (exact) mass is 472 g/mol. The molecule has 152 valence electrons. The van der Waals surface area contributed by atoms with Gasteiger partial charge in [0, 0.05) is 43.1 Å². The summed E-state index contributed by atoms with van der Waals surface area (Å²) in [5, 5.41) is 6.60. The summed E-state index contributed by atoms with van der Waals surface area (Å²) >= 11 is 6.81. The van der Waals surface area contributed by atoms with Crippen LogP contribution in [0.3, 0.4) is 0 Å². The predicted octanol–water partition coefficient (Wildman–Crippen LogP) is 3.79. The maximum atomic E-state index is 12.8. The van der Waals surface area contributed by atoms with Gasteiger partial charge in [0.15, 0.2) is 21.0 Å². The Hall–Kier alpha value is -1.60. The van der Waals surface area contributed by atoms with Crippen molar-refractivity contribution < 1.29 is 26.7 Å². The Kier molecular flexibility index (Phi) is 6.34. The molecule has 0 atom stereocenters. The van der Waals surface area contributed by atoms with Crippen molar-refractivity contribution in [2.24, 2.45) is 0 Å². The molecule has 3 aromatic rings. The van der Waals surface area contributed by atoms with Crippen molar-refractivity contribution in [3.63, 3.8) is 0 Å². The van der Waals surface area contributed by atoms with Gasteiger partial charge in [-0.05, 0) is 0 Å². The maximum absolute atomic E-state index is 12.8. The Labute approximate surface area is 171 Å². The number of ether oxygens (including phenoxy) is 2. The van der Waals surface area contributed by atoms with Crippen molar-refractivity contribution >= 4 is 48.2 Å². The zero-order valence-electron chi connectivity index (χ0n) is 14.1. The van der Waals surface area contributed by atoms with Gasteiger partial charge >= 0.3 is 0 Å². The van der Waals surface area contributed by atoms with Gasteiger partial charge in [0.2, 0.25) is 0 Å². The smallest absolute Gasteiger partial charge is 0.291 e. The molecule has 0 spiro atoms. The molecular formula is C14H12Cl2F2N4O4S2.